The number of pyridine rings is 1. The fourth-order valence-electron chi connectivity index (χ4n) is 2.85. The predicted octanol–water partition coefficient (Wildman–Crippen LogP) is -0.912. The minimum atomic E-state index is 0. The standard InChI is InChI=1S/C19H14N.2ClH.Zr/c1-13-9-14-6-4-7-17(18(14)10-13)16-11-15-5-2-3-8-19(15)20-12-16;;;/h2-12H,1H3;2*1H;/q-1;;;+3/p-2. The summed E-state index contributed by atoms with van der Waals surface area (Å²) < 4.78 is 0. The van der Waals surface area contributed by atoms with E-state index in [4.69, 9.17) is 0 Å². The number of hydrogen-bond donors (Lipinski definition) is 0. The molecule has 0 amide bonds. The molecule has 0 bridgehead atoms. The van der Waals surface area contributed by atoms with Crippen molar-refractivity contribution in [3.63, 3.8) is 0 Å². The Morgan fingerprint density at radius 3 is 2.52 bits per heavy atom. The molecule has 3 aromatic carbocycles. The second-order valence-corrected chi connectivity index (χ2v) is 5.26. The van der Waals surface area contributed by atoms with E-state index in [1.165, 1.54) is 32.8 Å². The van der Waals surface area contributed by atoms with Crippen molar-refractivity contribution in [3.05, 3.63) is 72.4 Å². The van der Waals surface area contributed by atoms with Crippen LogP contribution in [0.15, 0.2) is 66.9 Å². The first-order chi connectivity index (χ1) is 9.81. The van der Waals surface area contributed by atoms with Crippen LogP contribution in [0.1, 0.15) is 5.56 Å². The fraction of sp³-hybridized carbons (Fsp3) is 0.0526. The van der Waals surface area contributed by atoms with E-state index in [0.717, 1.165) is 5.52 Å². The number of halogens is 2. The van der Waals surface area contributed by atoms with Crippen LogP contribution in [0, 0.1) is 6.92 Å². The fourth-order valence-corrected chi connectivity index (χ4v) is 2.85. The molecule has 113 valence electrons. The largest absolute Gasteiger partial charge is 3.00 e. The molecule has 0 saturated carbocycles. The van der Waals surface area contributed by atoms with Gasteiger partial charge in [-0.25, -0.2) is 0 Å². The number of aryl methyl sites for hydroxylation is 1. The number of nitrogens with zero attached hydrogens (tertiary/aromatic N) is 1. The smallest absolute Gasteiger partial charge is 1.00 e. The van der Waals surface area contributed by atoms with E-state index in [1.807, 2.05) is 18.3 Å². The summed E-state index contributed by atoms with van der Waals surface area (Å²) >= 11 is 0. The number of para-hydroxylation sites is 1. The van der Waals surface area contributed by atoms with Crippen LogP contribution in [-0.2, 0) is 26.2 Å². The van der Waals surface area contributed by atoms with Crippen LogP contribution in [0.5, 0.6) is 0 Å². The van der Waals surface area contributed by atoms with Crippen LogP contribution >= 0.6 is 0 Å². The number of hydrogen-bond acceptors (Lipinski definition) is 1. The molecule has 0 unspecified atom stereocenters. The average molecular weight is 418 g/mol. The Bertz CT molecular complexity index is 931. The van der Waals surface area contributed by atoms with Gasteiger partial charge in [0.25, 0.3) is 0 Å². The van der Waals surface area contributed by atoms with Gasteiger partial charge < -0.3 is 24.8 Å². The Labute approximate surface area is 167 Å². The van der Waals surface area contributed by atoms with Crippen molar-refractivity contribution < 1.29 is 51.0 Å². The van der Waals surface area contributed by atoms with Gasteiger partial charge in [-0.1, -0.05) is 36.8 Å². The molecule has 0 N–H and O–H groups in total. The molecule has 0 aliphatic heterocycles. The van der Waals surface area contributed by atoms with E-state index < -0.39 is 0 Å². The first-order valence-electron chi connectivity index (χ1n) is 6.82. The minimum absolute atomic E-state index is 0. The van der Waals surface area contributed by atoms with Crippen LogP contribution < -0.4 is 24.8 Å². The summed E-state index contributed by atoms with van der Waals surface area (Å²) in [5.41, 5.74) is 4.79. The second kappa shape index (κ2) is 8.15. The Kier molecular flexibility index (Phi) is 7.08. The van der Waals surface area contributed by atoms with E-state index in [0.29, 0.717) is 0 Å². The zero-order valence-corrected chi connectivity index (χ0v) is 16.5. The summed E-state index contributed by atoms with van der Waals surface area (Å²) in [6, 6.07) is 21.4. The van der Waals surface area contributed by atoms with Crippen molar-refractivity contribution >= 4 is 21.7 Å². The van der Waals surface area contributed by atoms with E-state index in [2.05, 4.69) is 60.4 Å². The van der Waals surface area contributed by atoms with E-state index in [9.17, 15) is 0 Å². The molecule has 4 heteroatoms. The van der Waals surface area contributed by atoms with Gasteiger partial charge in [-0.15, -0.1) is 34.5 Å². The Morgan fingerprint density at radius 1 is 0.913 bits per heavy atom. The van der Waals surface area contributed by atoms with Crippen molar-refractivity contribution in [2.75, 3.05) is 0 Å². The SMILES string of the molecule is Cc1cc2c(-c3cnc4ccccc4c3)cccc2[cH-]1.[Cl-].[Cl-].[Zr+3]. The molecule has 1 radical (unpaired) electrons. The first-order valence-corrected chi connectivity index (χ1v) is 6.82. The van der Waals surface area contributed by atoms with E-state index in [-0.39, 0.29) is 51.0 Å². The molecular formula is C19H14Cl2NZr. The summed E-state index contributed by atoms with van der Waals surface area (Å²) in [5.74, 6) is 0. The van der Waals surface area contributed by atoms with Gasteiger partial charge in [-0.3, -0.25) is 4.98 Å². The maximum Gasteiger partial charge on any atom is 3.00 e. The monoisotopic (exact) mass is 416 g/mol. The summed E-state index contributed by atoms with van der Waals surface area (Å²) in [6.07, 6.45) is 1.97. The molecule has 4 rings (SSSR count). The van der Waals surface area contributed by atoms with Crippen molar-refractivity contribution in [2.24, 2.45) is 0 Å². The number of rotatable bonds is 1. The third-order valence-corrected chi connectivity index (χ3v) is 3.80. The molecule has 0 spiro atoms. The van der Waals surface area contributed by atoms with E-state index >= 15 is 0 Å². The van der Waals surface area contributed by atoms with Crippen molar-refractivity contribution in [2.45, 2.75) is 6.92 Å². The molecule has 4 aromatic rings. The van der Waals surface area contributed by atoms with Crippen LogP contribution in [0.3, 0.4) is 0 Å². The van der Waals surface area contributed by atoms with Gasteiger partial charge in [-0.2, -0.15) is 6.07 Å². The van der Waals surface area contributed by atoms with Crippen LogP contribution in [0.25, 0.3) is 32.8 Å². The molecule has 1 heterocycles. The molecule has 1 nitrogen and oxygen atoms in total. The molecule has 0 saturated heterocycles. The number of fused-ring (bicyclic) bond motifs is 2. The maximum atomic E-state index is 4.57. The normalized spacial score (nSPS) is 9.78. The summed E-state index contributed by atoms with van der Waals surface area (Å²) in [5, 5.41) is 3.79. The Balaban J connectivity index is 0.000000882. The molecule has 23 heavy (non-hydrogen) atoms. The molecule has 1 aromatic heterocycles. The average Bonchev–Trinajstić information content (AvgIpc) is 2.86. The quantitative estimate of drug-likeness (QED) is 0.365. The van der Waals surface area contributed by atoms with Crippen LogP contribution in [0.4, 0.5) is 0 Å². The Hall–Kier alpha value is -1.08. The molecule has 0 aliphatic rings. The van der Waals surface area contributed by atoms with Gasteiger partial charge in [0.05, 0.1) is 5.52 Å². The number of aromatic nitrogens is 1. The third-order valence-electron chi connectivity index (χ3n) is 3.80. The zero-order valence-electron chi connectivity index (χ0n) is 12.6. The van der Waals surface area contributed by atoms with Gasteiger partial charge in [0.15, 0.2) is 0 Å². The topological polar surface area (TPSA) is 12.9 Å². The summed E-state index contributed by atoms with van der Waals surface area (Å²) in [6.45, 7) is 2.14. The van der Waals surface area contributed by atoms with Gasteiger partial charge in [0.2, 0.25) is 0 Å². The van der Waals surface area contributed by atoms with Crippen LogP contribution in [0.2, 0.25) is 0 Å². The van der Waals surface area contributed by atoms with Crippen molar-refractivity contribution in [1.29, 1.82) is 0 Å². The molecular weight excluding hydrogens is 404 g/mol. The van der Waals surface area contributed by atoms with Gasteiger partial charge >= 0.3 is 26.2 Å². The summed E-state index contributed by atoms with van der Waals surface area (Å²) in [7, 11) is 0. The van der Waals surface area contributed by atoms with Crippen molar-refractivity contribution in [3.8, 4) is 11.1 Å². The molecule has 0 atom stereocenters. The van der Waals surface area contributed by atoms with Gasteiger partial charge in [-0.05, 0) is 17.7 Å². The molecule has 0 aliphatic carbocycles. The zero-order chi connectivity index (χ0) is 13.5. The number of benzene rings is 2. The first kappa shape index (κ1) is 20.0. The van der Waals surface area contributed by atoms with Crippen molar-refractivity contribution in [1.82, 2.24) is 4.98 Å². The van der Waals surface area contributed by atoms with Gasteiger partial charge in [0.1, 0.15) is 0 Å². The summed E-state index contributed by atoms with van der Waals surface area (Å²) in [4.78, 5) is 4.57. The maximum absolute atomic E-state index is 4.57. The van der Waals surface area contributed by atoms with Crippen LogP contribution in [-0.4, -0.2) is 4.98 Å². The van der Waals surface area contributed by atoms with Gasteiger partial charge in [0, 0.05) is 11.6 Å². The minimum Gasteiger partial charge on any atom is -1.00 e. The third kappa shape index (κ3) is 3.71. The van der Waals surface area contributed by atoms with E-state index in [1.54, 1.807) is 0 Å². The Morgan fingerprint density at radius 2 is 1.70 bits per heavy atom. The molecule has 0 fully saturated rings. The second-order valence-electron chi connectivity index (χ2n) is 5.26. The predicted molar refractivity (Wildman–Crippen MR) is 85.0 cm³/mol.